The molecule has 1 aliphatic heterocycles. The summed E-state index contributed by atoms with van der Waals surface area (Å²) in [4.78, 5) is 41.3. The minimum atomic E-state index is -0.492. The second-order valence-electron chi connectivity index (χ2n) is 11.4. The Morgan fingerprint density at radius 1 is 1.05 bits per heavy atom. The molecule has 1 aliphatic rings. The highest BCUT2D eigenvalue weighted by Crippen LogP contribution is 2.28. The van der Waals surface area contributed by atoms with Gasteiger partial charge in [-0.1, -0.05) is 58.7 Å². The zero-order chi connectivity index (χ0) is 30.6. The van der Waals surface area contributed by atoms with E-state index < -0.39 is 6.04 Å². The molecule has 1 fully saturated rings. The predicted octanol–water partition coefficient (Wildman–Crippen LogP) is 5.35. The van der Waals surface area contributed by atoms with Crippen LogP contribution < -0.4 is 20.1 Å². The van der Waals surface area contributed by atoms with Gasteiger partial charge in [-0.25, -0.2) is 0 Å². The van der Waals surface area contributed by atoms with Crippen molar-refractivity contribution in [2.24, 2.45) is 11.8 Å². The van der Waals surface area contributed by atoms with Crippen LogP contribution in [0.4, 0.5) is 0 Å². The molecule has 2 atom stereocenters. The Hall–Kier alpha value is -3.39. The Morgan fingerprint density at radius 3 is 2.48 bits per heavy atom. The van der Waals surface area contributed by atoms with Gasteiger partial charge in [-0.3, -0.25) is 14.4 Å². The van der Waals surface area contributed by atoms with Crippen molar-refractivity contribution in [3.8, 4) is 11.5 Å². The van der Waals surface area contributed by atoms with E-state index in [1.165, 1.54) is 0 Å². The van der Waals surface area contributed by atoms with Crippen LogP contribution in [0, 0.1) is 11.8 Å². The second kappa shape index (κ2) is 16.3. The molecule has 8 heteroatoms. The molecule has 230 valence electrons. The van der Waals surface area contributed by atoms with Crippen LogP contribution in [0.5, 0.6) is 11.5 Å². The van der Waals surface area contributed by atoms with Crippen molar-refractivity contribution in [2.75, 3.05) is 33.4 Å². The van der Waals surface area contributed by atoms with Gasteiger partial charge < -0.3 is 25.0 Å². The molecule has 0 aliphatic carbocycles. The van der Waals surface area contributed by atoms with Gasteiger partial charge in [0.25, 0.3) is 5.91 Å². The van der Waals surface area contributed by atoms with Gasteiger partial charge in [0.1, 0.15) is 11.5 Å². The largest absolute Gasteiger partial charge is 0.497 e. The van der Waals surface area contributed by atoms with Gasteiger partial charge >= 0.3 is 0 Å². The first-order valence-electron chi connectivity index (χ1n) is 15.4. The number of likely N-dealkylation sites (tertiary alicyclic amines) is 1. The molecule has 2 aromatic carbocycles. The van der Waals surface area contributed by atoms with Crippen molar-refractivity contribution in [1.82, 2.24) is 15.5 Å². The predicted molar refractivity (Wildman–Crippen MR) is 166 cm³/mol. The molecule has 2 N–H and O–H groups in total. The Morgan fingerprint density at radius 2 is 1.81 bits per heavy atom. The number of hydrogen-bond donors (Lipinski definition) is 2. The van der Waals surface area contributed by atoms with E-state index in [2.05, 4.69) is 24.5 Å². The Kier molecular flexibility index (Phi) is 12.9. The fraction of sp³-hybridized carbons (Fsp3) is 0.559. The van der Waals surface area contributed by atoms with Crippen LogP contribution in [0.2, 0.25) is 0 Å². The molecule has 2 aromatic rings. The average molecular weight is 580 g/mol. The minimum Gasteiger partial charge on any atom is -0.497 e. The number of amides is 2. The molecule has 0 radical (unpaired) electrons. The van der Waals surface area contributed by atoms with Gasteiger partial charge in [0.15, 0.2) is 5.78 Å². The molecule has 42 heavy (non-hydrogen) atoms. The fourth-order valence-corrected chi connectivity index (χ4v) is 5.69. The Bertz CT molecular complexity index is 1190. The summed E-state index contributed by atoms with van der Waals surface area (Å²) < 4.78 is 11.0. The summed E-state index contributed by atoms with van der Waals surface area (Å²) in [5.41, 5.74) is 2.57. The molecule has 2 amide bonds. The number of ketones is 1. The van der Waals surface area contributed by atoms with Crippen molar-refractivity contribution in [3.63, 3.8) is 0 Å². The van der Waals surface area contributed by atoms with Gasteiger partial charge in [-0.05, 0) is 49.4 Å². The second-order valence-corrected chi connectivity index (χ2v) is 11.4. The first kappa shape index (κ1) is 33.1. The monoisotopic (exact) mass is 579 g/mol. The summed E-state index contributed by atoms with van der Waals surface area (Å²) in [6.07, 6.45) is 3.51. The summed E-state index contributed by atoms with van der Waals surface area (Å²) in [6.45, 7) is 12.4. The molecule has 0 bridgehead atoms. The minimum absolute atomic E-state index is 0.0558. The Balaban J connectivity index is 1.62. The van der Waals surface area contributed by atoms with Crippen molar-refractivity contribution in [2.45, 2.75) is 78.8 Å². The first-order valence-corrected chi connectivity index (χ1v) is 15.4. The van der Waals surface area contributed by atoms with Crippen LogP contribution in [0.15, 0.2) is 42.5 Å². The van der Waals surface area contributed by atoms with E-state index in [0.29, 0.717) is 25.3 Å². The lowest BCUT2D eigenvalue weighted by Gasteiger charge is -2.33. The van der Waals surface area contributed by atoms with Crippen LogP contribution in [0.1, 0.15) is 87.7 Å². The normalized spacial score (nSPS) is 15.9. The van der Waals surface area contributed by atoms with Gasteiger partial charge in [-0.2, -0.15) is 0 Å². The molecule has 0 saturated carbocycles. The lowest BCUT2D eigenvalue weighted by atomic mass is 9.86. The summed E-state index contributed by atoms with van der Waals surface area (Å²) >= 11 is 0. The number of rotatable bonds is 15. The topological polar surface area (TPSA) is 97.0 Å². The molecule has 1 unspecified atom stereocenters. The van der Waals surface area contributed by atoms with Gasteiger partial charge in [0, 0.05) is 48.7 Å². The van der Waals surface area contributed by atoms with E-state index in [0.717, 1.165) is 54.9 Å². The van der Waals surface area contributed by atoms with Crippen molar-refractivity contribution >= 4 is 17.6 Å². The molecule has 1 heterocycles. The molecular weight excluding hydrogens is 530 g/mol. The quantitative estimate of drug-likeness (QED) is 0.295. The molecular formula is C34H49N3O5. The number of Topliss-reactive ketones (excluding diaryl/α,β-unsaturated/α-hetero) is 1. The highest BCUT2D eigenvalue weighted by molar-refractivity contribution is 5.98. The summed E-state index contributed by atoms with van der Waals surface area (Å²) in [6, 6.07) is 12.9. The van der Waals surface area contributed by atoms with Crippen LogP contribution in [0.3, 0.4) is 0 Å². The summed E-state index contributed by atoms with van der Waals surface area (Å²) in [5.74, 6) is 1.49. The number of piperidine rings is 1. The van der Waals surface area contributed by atoms with Crippen molar-refractivity contribution in [1.29, 1.82) is 0 Å². The van der Waals surface area contributed by atoms with E-state index in [1.54, 1.807) is 13.2 Å². The maximum Gasteiger partial charge on any atom is 0.251 e. The maximum atomic E-state index is 13.3. The lowest BCUT2D eigenvalue weighted by Crippen LogP contribution is -2.47. The lowest BCUT2D eigenvalue weighted by molar-refractivity contribution is -0.131. The average Bonchev–Trinajstić information content (AvgIpc) is 3.01. The number of carbonyl (C=O) groups is 3. The molecule has 3 rings (SSSR count). The van der Waals surface area contributed by atoms with Crippen LogP contribution in [-0.4, -0.2) is 61.9 Å². The van der Waals surface area contributed by atoms with Crippen LogP contribution in [-0.2, 0) is 16.1 Å². The molecule has 1 saturated heterocycles. The number of benzene rings is 2. The van der Waals surface area contributed by atoms with Crippen molar-refractivity contribution in [3.05, 3.63) is 59.2 Å². The molecule has 8 nitrogen and oxygen atoms in total. The number of carbonyl (C=O) groups excluding carboxylic acids is 3. The summed E-state index contributed by atoms with van der Waals surface area (Å²) in [7, 11) is 1.62. The standard InChI is InChI=1S/C34H49N3O5/c1-7-24(8-2)32(33(39)23(4)5)36-34(40)26-13-10-12-25(18-26)28-14-11-17-37(22-28)31(38)21-35-20-27-15-16-29(41-6)19-30(27)42-9-3/h10,12-13,15-16,18-19,23-24,28,32,35H,7-9,11,14,17,20-22H2,1-6H3,(H,36,40)/t28?,32-/m1/s1. The number of nitrogens with one attached hydrogen (secondary N) is 2. The number of ether oxygens (including phenoxy) is 2. The SMILES string of the molecule is CCOc1cc(OC)ccc1CNCC(=O)N1CCCC(c2cccc(C(=O)N[C@@H](C(=O)C(C)C)C(CC)CC)c2)C1. The van der Waals surface area contributed by atoms with E-state index in [-0.39, 0.29) is 41.9 Å². The van der Waals surface area contributed by atoms with E-state index in [4.69, 9.17) is 9.47 Å². The van der Waals surface area contributed by atoms with E-state index in [9.17, 15) is 14.4 Å². The fourth-order valence-electron chi connectivity index (χ4n) is 5.69. The Labute approximate surface area is 251 Å². The highest BCUT2D eigenvalue weighted by Gasteiger charge is 2.30. The third-order valence-electron chi connectivity index (χ3n) is 8.24. The smallest absolute Gasteiger partial charge is 0.251 e. The number of methoxy groups -OCH3 is 1. The van der Waals surface area contributed by atoms with Gasteiger partial charge in [0.05, 0.1) is 26.3 Å². The first-order chi connectivity index (χ1) is 20.2. The zero-order valence-corrected chi connectivity index (χ0v) is 26.2. The highest BCUT2D eigenvalue weighted by atomic mass is 16.5. The van der Waals surface area contributed by atoms with Crippen molar-refractivity contribution < 1.29 is 23.9 Å². The van der Waals surface area contributed by atoms with Crippen LogP contribution in [0.25, 0.3) is 0 Å². The summed E-state index contributed by atoms with van der Waals surface area (Å²) in [5, 5.41) is 6.33. The van der Waals surface area contributed by atoms with E-state index in [1.807, 2.05) is 62.1 Å². The van der Waals surface area contributed by atoms with Crippen LogP contribution >= 0.6 is 0 Å². The van der Waals surface area contributed by atoms with E-state index >= 15 is 0 Å². The number of nitrogens with zero attached hydrogens (tertiary/aromatic N) is 1. The van der Waals surface area contributed by atoms with Gasteiger partial charge in [-0.15, -0.1) is 0 Å². The third-order valence-corrected chi connectivity index (χ3v) is 8.24. The molecule has 0 spiro atoms. The number of hydrogen-bond acceptors (Lipinski definition) is 6. The maximum absolute atomic E-state index is 13.3. The molecule has 0 aromatic heterocycles. The zero-order valence-electron chi connectivity index (χ0n) is 26.2. The third kappa shape index (κ3) is 8.81. The van der Waals surface area contributed by atoms with Gasteiger partial charge in [0.2, 0.25) is 5.91 Å².